The van der Waals surface area contributed by atoms with Gasteiger partial charge in [0.05, 0.1) is 11.3 Å². The van der Waals surface area contributed by atoms with E-state index >= 15 is 0 Å². The fourth-order valence-electron chi connectivity index (χ4n) is 4.38. The lowest BCUT2D eigenvalue weighted by atomic mass is 10.0. The number of nitrogens with one attached hydrogen (secondary N) is 2. The summed E-state index contributed by atoms with van der Waals surface area (Å²) in [6, 6.07) is 16.3. The molecule has 3 heterocycles. The molecule has 0 atom stereocenters. The lowest BCUT2D eigenvalue weighted by molar-refractivity contribution is -0.138. The number of pyridine rings is 2. The summed E-state index contributed by atoms with van der Waals surface area (Å²) in [6.45, 7) is 1.39. The van der Waals surface area contributed by atoms with Gasteiger partial charge in [-0.1, -0.05) is 29.8 Å². The molecule has 1 aliphatic rings. The SMILES string of the molecule is O=C(NCc1cccnc1)c1cccc(-c2cnc3c(c2)N(Cc2cc(Cl)ccc2C(F)(F)F)CCN3)c1. The van der Waals surface area contributed by atoms with E-state index in [4.69, 9.17) is 11.6 Å². The quantitative estimate of drug-likeness (QED) is 0.307. The summed E-state index contributed by atoms with van der Waals surface area (Å²) in [5.74, 6) is 0.353. The number of hydrogen-bond donors (Lipinski definition) is 2. The zero-order chi connectivity index (χ0) is 26.7. The van der Waals surface area contributed by atoms with Gasteiger partial charge in [-0.15, -0.1) is 0 Å². The van der Waals surface area contributed by atoms with Gasteiger partial charge in [0.15, 0.2) is 0 Å². The Hall–Kier alpha value is -4.11. The third-order valence-corrected chi connectivity index (χ3v) is 6.49. The first-order valence-corrected chi connectivity index (χ1v) is 12.3. The standard InChI is InChI=1S/C28H23ClF3N5O/c29-23-6-7-24(28(30,31)32)22(12-23)17-37-10-9-34-26-25(37)13-21(16-35-26)19-4-1-5-20(11-19)27(38)36-15-18-3-2-8-33-14-18/h1-8,11-14,16H,9-10,15,17H2,(H,34,35)(H,36,38). The first-order valence-electron chi connectivity index (χ1n) is 11.9. The number of carbonyl (C=O) groups is 1. The summed E-state index contributed by atoms with van der Waals surface area (Å²) in [5, 5.41) is 6.33. The number of alkyl halides is 3. The fourth-order valence-corrected chi connectivity index (χ4v) is 4.58. The molecule has 5 rings (SSSR count). The highest BCUT2D eigenvalue weighted by molar-refractivity contribution is 6.30. The molecule has 0 saturated heterocycles. The van der Waals surface area contributed by atoms with Gasteiger partial charge in [-0.25, -0.2) is 4.98 Å². The topological polar surface area (TPSA) is 70.2 Å². The molecule has 2 N–H and O–H groups in total. The Bertz CT molecular complexity index is 1460. The Morgan fingerprint density at radius 2 is 1.92 bits per heavy atom. The largest absolute Gasteiger partial charge is 0.416 e. The average molecular weight is 538 g/mol. The highest BCUT2D eigenvalue weighted by Gasteiger charge is 2.34. The van der Waals surface area contributed by atoms with Gasteiger partial charge in [0.2, 0.25) is 0 Å². The first-order chi connectivity index (χ1) is 18.3. The van der Waals surface area contributed by atoms with Gasteiger partial charge in [-0.3, -0.25) is 9.78 Å². The van der Waals surface area contributed by atoms with E-state index in [2.05, 4.69) is 20.6 Å². The fraction of sp³-hybridized carbons (Fsp3) is 0.179. The van der Waals surface area contributed by atoms with Crippen LogP contribution in [-0.4, -0.2) is 29.0 Å². The maximum absolute atomic E-state index is 13.6. The van der Waals surface area contributed by atoms with E-state index in [1.807, 2.05) is 23.1 Å². The number of rotatable bonds is 6. The molecule has 0 aliphatic carbocycles. The third kappa shape index (κ3) is 5.73. The number of anilines is 2. The number of carbonyl (C=O) groups excluding carboxylic acids is 1. The number of amides is 1. The molecule has 10 heteroatoms. The monoisotopic (exact) mass is 537 g/mol. The number of aromatic nitrogens is 2. The summed E-state index contributed by atoms with van der Waals surface area (Å²) in [4.78, 5) is 23.2. The molecule has 0 fully saturated rings. The van der Waals surface area contributed by atoms with E-state index in [1.165, 1.54) is 12.1 Å². The first kappa shape index (κ1) is 25.5. The molecular weight excluding hydrogens is 515 g/mol. The second kappa shape index (κ2) is 10.7. The normalized spacial score (nSPS) is 13.0. The van der Waals surface area contributed by atoms with Crippen molar-refractivity contribution in [2.75, 3.05) is 23.3 Å². The second-order valence-electron chi connectivity index (χ2n) is 8.86. The number of fused-ring (bicyclic) bond motifs is 1. The van der Waals surface area contributed by atoms with E-state index in [0.29, 0.717) is 36.7 Å². The predicted octanol–water partition coefficient (Wildman–Crippen LogP) is 6.18. The molecule has 194 valence electrons. The van der Waals surface area contributed by atoms with E-state index in [0.717, 1.165) is 22.8 Å². The minimum absolute atomic E-state index is 0.0198. The minimum Gasteiger partial charge on any atom is -0.367 e. The lowest BCUT2D eigenvalue weighted by Gasteiger charge is -2.32. The van der Waals surface area contributed by atoms with Gasteiger partial charge in [0.25, 0.3) is 5.91 Å². The van der Waals surface area contributed by atoms with Crippen LogP contribution < -0.4 is 15.5 Å². The summed E-state index contributed by atoms with van der Waals surface area (Å²) < 4.78 is 40.9. The van der Waals surface area contributed by atoms with Crippen molar-refractivity contribution in [2.45, 2.75) is 19.3 Å². The van der Waals surface area contributed by atoms with Gasteiger partial charge in [-0.2, -0.15) is 13.2 Å². The summed E-state index contributed by atoms with van der Waals surface area (Å²) in [5.41, 5.74) is 2.92. The Labute approximate surface area is 222 Å². The summed E-state index contributed by atoms with van der Waals surface area (Å²) in [7, 11) is 0. The predicted molar refractivity (Wildman–Crippen MR) is 141 cm³/mol. The maximum atomic E-state index is 13.6. The van der Waals surface area contributed by atoms with Crippen LogP contribution in [0, 0.1) is 0 Å². The smallest absolute Gasteiger partial charge is 0.367 e. The van der Waals surface area contributed by atoms with Crippen LogP contribution >= 0.6 is 11.6 Å². The van der Waals surface area contributed by atoms with Crippen LogP contribution in [0.4, 0.5) is 24.7 Å². The molecule has 0 unspecified atom stereocenters. The lowest BCUT2D eigenvalue weighted by Crippen LogP contribution is -2.34. The number of halogens is 4. The number of hydrogen-bond acceptors (Lipinski definition) is 5. The van der Waals surface area contributed by atoms with E-state index in [-0.39, 0.29) is 23.0 Å². The Morgan fingerprint density at radius 3 is 2.71 bits per heavy atom. The highest BCUT2D eigenvalue weighted by atomic mass is 35.5. The molecule has 38 heavy (non-hydrogen) atoms. The Kier molecular flexibility index (Phi) is 7.20. The van der Waals surface area contributed by atoms with Crippen LogP contribution in [0.5, 0.6) is 0 Å². The van der Waals surface area contributed by atoms with Crippen molar-refractivity contribution in [3.05, 3.63) is 107 Å². The van der Waals surface area contributed by atoms with Crippen molar-refractivity contribution < 1.29 is 18.0 Å². The molecule has 0 radical (unpaired) electrons. The zero-order valence-electron chi connectivity index (χ0n) is 20.1. The number of benzene rings is 2. The van der Waals surface area contributed by atoms with Crippen LogP contribution in [0.1, 0.15) is 27.0 Å². The Balaban J connectivity index is 1.40. The van der Waals surface area contributed by atoms with Crippen molar-refractivity contribution in [1.82, 2.24) is 15.3 Å². The molecule has 1 amide bonds. The molecule has 1 aliphatic heterocycles. The highest BCUT2D eigenvalue weighted by Crippen LogP contribution is 2.37. The van der Waals surface area contributed by atoms with Crippen molar-refractivity contribution in [3.63, 3.8) is 0 Å². The maximum Gasteiger partial charge on any atom is 0.416 e. The minimum atomic E-state index is -4.49. The molecular formula is C28H23ClF3N5O. The van der Waals surface area contributed by atoms with Gasteiger partial charge in [-0.05, 0) is 59.2 Å². The summed E-state index contributed by atoms with van der Waals surface area (Å²) in [6.07, 6.45) is 0.552. The van der Waals surface area contributed by atoms with Gasteiger partial charge >= 0.3 is 6.18 Å². The van der Waals surface area contributed by atoms with Crippen molar-refractivity contribution in [2.24, 2.45) is 0 Å². The van der Waals surface area contributed by atoms with Gasteiger partial charge < -0.3 is 15.5 Å². The zero-order valence-corrected chi connectivity index (χ0v) is 20.9. The van der Waals surface area contributed by atoms with E-state index < -0.39 is 11.7 Å². The third-order valence-electron chi connectivity index (χ3n) is 6.25. The van der Waals surface area contributed by atoms with Crippen molar-refractivity contribution in [1.29, 1.82) is 0 Å². The summed E-state index contributed by atoms with van der Waals surface area (Å²) >= 11 is 6.04. The molecule has 0 spiro atoms. The molecule has 2 aromatic heterocycles. The van der Waals surface area contributed by atoms with Crippen LogP contribution in [0.25, 0.3) is 11.1 Å². The number of nitrogens with zero attached hydrogens (tertiary/aromatic N) is 3. The van der Waals surface area contributed by atoms with Crippen molar-refractivity contribution >= 4 is 29.0 Å². The Morgan fingerprint density at radius 1 is 1.05 bits per heavy atom. The second-order valence-corrected chi connectivity index (χ2v) is 9.30. The molecule has 0 saturated carbocycles. The molecule has 0 bridgehead atoms. The molecule has 4 aromatic rings. The van der Waals surface area contributed by atoms with Crippen molar-refractivity contribution in [3.8, 4) is 11.1 Å². The molecule has 6 nitrogen and oxygen atoms in total. The van der Waals surface area contributed by atoms with Crippen LogP contribution in [0.3, 0.4) is 0 Å². The average Bonchev–Trinajstić information content (AvgIpc) is 2.92. The van der Waals surface area contributed by atoms with Gasteiger partial charge in [0, 0.05) is 60.9 Å². The molecule has 2 aromatic carbocycles. The van der Waals surface area contributed by atoms with Gasteiger partial charge in [0.1, 0.15) is 5.82 Å². The van der Waals surface area contributed by atoms with Crippen LogP contribution in [0.15, 0.2) is 79.3 Å². The van der Waals surface area contributed by atoms with E-state index in [9.17, 15) is 18.0 Å². The van der Waals surface area contributed by atoms with Crippen LogP contribution in [-0.2, 0) is 19.3 Å². The van der Waals surface area contributed by atoms with E-state index in [1.54, 1.807) is 42.9 Å². The van der Waals surface area contributed by atoms with Crippen LogP contribution in [0.2, 0.25) is 5.02 Å².